The fourth-order valence-corrected chi connectivity index (χ4v) is 12.6. The maximum atomic E-state index is 2.84. The molecule has 6 rings (SSSR count). The molecule has 6 aliphatic rings. The smallest absolute Gasteiger partial charge is 0.149 e. The first kappa shape index (κ1) is 154. The first-order valence-corrected chi connectivity index (χ1v) is 39.1. The van der Waals surface area contributed by atoms with Gasteiger partial charge in [-0.05, 0) is 113 Å². The summed E-state index contributed by atoms with van der Waals surface area (Å²) in [5.74, 6) is 7.88. The van der Waals surface area contributed by atoms with Gasteiger partial charge in [0, 0.05) is 54.4 Å². The molecule has 96 heavy (non-hydrogen) atoms. The molecule has 0 saturated carbocycles. The molecule has 6 saturated heterocycles. The van der Waals surface area contributed by atoms with Gasteiger partial charge in [-0.1, -0.05) is 434 Å². The first-order valence-electron chi connectivity index (χ1n) is 39.1. The fraction of sp³-hybridized carbons (Fsp3) is 1.00. The van der Waals surface area contributed by atoms with E-state index in [-0.39, 0.29) is 81.7 Å². The highest BCUT2D eigenvalue weighted by atomic mass is 15.3. The van der Waals surface area contributed by atoms with Crippen molar-refractivity contribution in [3.05, 3.63) is 0 Å². The van der Waals surface area contributed by atoms with Crippen molar-refractivity contribution < 1.29 is 0 Å². The molecular formula is C90H228B3N3. The molecule has 6 heterocycles. The molecule has 0 aromatic heterocycles. The predicted molar refractivity (Wildman–Crippen MR) is 493 cm³/mol. The second-order valence-electron chi connectivity index (χ2n) is 28.3. The largest absolute Gasteiger partial charge is 0.296 e. The van der Waals surface area contributed by atoms with Gasteiger partial charge in [0.2, 0.25) is 0 Å². The zero-order valence-electron chi connectivity index (χ0n) is 69.5. The third-order valence-corrected chi connectivity index (χ3v) is 17.5. The van der Waals surface area contributed by atoms with Crippen molar-refractivity contribution in [3.8, 4) is 0 Å². The van der Waals surface area contributed by atoms with E-state index in [0.717, 1.165) is 127 Å². The topological polar surface area (TPSA) is 9.72 Å². The Labute approximate surface area is 633 Å². The Hall–Kier alpha value is 0.0748. The Morgan fingerprint density at radius 1 is 0.208 bits per heavy atom. The van der Waals surface area contributed by atoms with Crippen LogP contribution in [0.15, 0.2) is 0 Å². The van der Waals surface area contributed by atoms with Crippen molar-refractivity contribution in [2.45, 2.75) is 584 Å². The number of hydrogen-bond acceptors (Lipinski definition) is 3. The SMILES string of the molecule is C.C.C.C.C.C.C.C.C.C.C.CB1[C@@H](C)[C@@H](C)N2[C@@H](C)[C@@H](C)C[C@H]2[C@H]1C.CB1[C@@H](C)[C@@H](C)N2[C@@H](C)[C@@H](C)C[C@H]2[C@H]1C.CCB1[C@@H](C)[C@@H](C)N2[C@@H](C)[C@@H](C)C[C@H]2[C@H]1C.CCC.CCC.CCC.CCC.CCC.CCC.CCC.CCC.CCC.CCC.CCC.CCC.CCC. The lowest BCUT2D eigenvalue weighted by Gasteiger charge is -2.49. The predicted octanol–water partition coefficient (Wildman–Crippen LogP) is 36.0. The zero-order valence-corrected chi connectivity index (χ0v) is 69.5. The van der Waals surface area contributed by atoms with Crippen molar-refractivity contribution in [2.75, 3.05) is 0 Å². The summed E-state index contributed by atoms with van der Waals surface area (Å²) in [6.07, 6.45) is 21.9. The van der Waals surface area contributed by atoms with Crippen LogP contribution < -0.4 is 0 Å². The molecule has 0 aliphatic carbocycles. The molecule has 0 unspecified atom stereocenters. The average Bonchev–Trinajstić information content (AvgIpc) is 4.22. The van der Waals surface area contributed by atoms with Gasteiger partial charge in [0.1, 0.15) is 20.1 Å². The van der Waals surface area contributed by atoms with Crippen LogP contribution >= 0.6 is 0 Å². The monoisotopic (exact) mass is 1380 g/mol. The molecule has 0 N–H and O–H groups in total. The fourth-order valence-electron chi connectivity index (χ4n) is 12.6. The van der Waals surface area contributed by atoms with Crippen molar-refractivity contribution >= 4 is 20.1 Å². The van der Waals surface area contributed by atoms with E-state index >= 15 is 0 Å². The molecule has 3 nitrogen and oxygen atoms in total. The van der Waals surface area contributed by atoms with Gasteiger partial charge in [0.05, 0.1) is 0 Å². The highest BCUT2D eigenvalue weighted by molar-refractivity contribution is 6.62. The Morgan fingerprint density at radius 3 is 0.490 bits per heavy atom. The summed E-state index contributed by atoms with van der Waals surface area (Å²) in [5, 5.41) is 0. The molecule has 0 aromatic rings. The standard InChI is InChI=1S/C14H28BN.2C13H26BN.13C3H8.11CH4/c1-7-15-10(3)13(6)16-12(5)9(2)8-14(16)11(15)4;2*1-8-7-13-10(3)14(6)9(2)12(5)15(13)11(8)4;13*1-3-2;;;;;;;;;;;/h9-14H,7-8H2,1-6H3;2*8-13H,7H2,1-6H3;13*3H2,1-2H3;11*1H4/t9-,10-,11+,12-,13+,14-;2*8-,9-,10+,11-,12+,13-;;;;;;;;;;;;;;;;;;;;;;;;/m000......................../s1. The zero-order chi connectivity index (χ0) is 69.9. The Balaban J connectivity index is -0.0000000350. The van der Waals surface area contributed by atoms with Crippen LogP contribution in [0.25, 0.3) is 0 Å². The number of rotatable bonds is 1. The van der Waals surface area contributed by atoms with E-state index in [1.165, 1.54) is 109 Å². The number of hydrogen-bond donors (Lipinski definition) is 0. The van der Waals surface area contributed by atoms with E-state index in [9.17, 15) is 0 Å². The molecule has 18 atom stereocenters. The minimum atomic E-state index is 0. The molecule has 0 amide bonds. The second kappa shape index (κ2) is 106. The van der Waals surface area contributed by atoms with Gasteiger partial charge >= 0.3 is 0 Å². The Morgan fingerprint density at radius 2 is 0.344 bits per heavy atom. The summed E-state index contributed by atoms with van der Waals surface area (Å²) in [6, 6.07) is 7.30. The minimum absolute atomic E-state index is 0. The lowest BCUT2D eigenvalue weighted by molar-refractivity contribution is 0.117. The summed E-state index contributed by atoms with van der Waals surface area (Å²) in [7, 11) is 0. The van der Waals surface area contributed by atoms with Gasteiger partial charge in [-0.15, -0.1) is 0 Å². The van der Waals surface area contributed by atoms with Gasteiger partial charge < -0.3 is 0 Å². The van der Waals surface area contributed by atoms with Gasteiger partial charge in [-0.3, -0.25) is 14.7 Å². The van der Waals surface area contributed by atoms with Crippen LogP contribution in [0, 0.1) is 17.8 Å². The summed E-state index contributed by atoms with van der Waals surface area (Å²) < 4.78 is 0. The summed E-state index contributed by atoms with van der Waals surface area (Å²) in [6.45, 7) is 102. The second-order valence-corrected chi connectivity index (χ2v) is 28.3. The molecule has 0 bridgehead atoms. The lowest BCUT2D eigenvalue weighted by Crippen LogP contribution is -2.55. The minimum Gasteiger partial charge on any atom is -0.296 e. The quantitative estimate of drug-likeness (QED) is 0.242. The van der Waals surface area contributed by atoms with E-state index in [1.807, 2.05) is 0 Å². The molecule has 6 heteroatoms. The van der Waals surface area contributed by atoms with Crippen LogP contribution in [0.2, 0.25) is 54.9 Å². The molecule has 6 aliphatic heterocycles. The molecule has 0 radical (unpaired) electrons. The van der Waals surface area contributed by atoms with Crippen LogP contribution in [0.3, 0.4) is 0 Å². The third kappa shape index (κ3) is 67.3. The van der Waals surface area contributed by atoms with E-state index in [4.69, 9.17) is 0 Å². The normalized spacial score (nSPS) is 26.9. The van der Waals surface area contributed by atoms with Crippen LogP contribution in [-0.4, -0.2) is 89.2 Å². The van der Waals surface area contributed by atoms with Gasteiger partial charge in [-0.2, -0.15) is 0 Å². The van der Waals surface area contributed by atoms with E-state index < -0.39 is 0 Å². The maximum absolute atomic E-state index is 2.84. The first-order chi connectivity index (χ1) is 39.8. The van der Waals surface area contributed by atoms with Crippen LogP contribution in [-0.2, 0) is 0 Å². The molecule has 0 aromatic carbocycles. The third-order valence-electron chi connectivity index (χ3n) is 17.5. The van der Waals surface area contributed by atoms with Crippen molar-refractivity contribution in [2.24, 2.45) is 17.8 Å². The van der Waals surface area contributed by atoms with Crippen LogP contribution in [0.1, 0.15) is 475 Å². The van der Waals surface area contributed by atoms with Gasteiger partial charge in [0.25, 0.3) is 0 Å². The lowest BCUT2D eigenvalue weighted by atomic mass is 9.29. The molecule has 0 spiro atoms. The van der Waals surface area contributed by atoms with Crippen molar-refractivity contribution in [1.29, 1.82) is 0 Å². The highest BCUT2D eigenvalue weighted by Gasteiger charge is 2.52. The Bertz CT molecular complexity index is 1090. The maximum Gasteiger partial charge on any atom is 0.149 e. The Kier molecular flexibility index (Phi) is 170. The van der Waals surface area contributed by atoms with Crippen molar-refractivity contribution in [1.82, 2.24) is 14.7 Å². The number of nitrogens with zero attached hydrogens (tertiary/aromatic N) is 3. The summed E-state index contributed by atoms with van der Waals surface area (Å²) in [5.41, 5.74) is 0. The highest BCUT2D eigenvalue weighted by Crippen LogP contribution is 2.50. The van der Waals surface area contributed by atoms with E-state index in [0.29, 0.717) is 0 Å². The summed E-state index contributed by atoms with van der Waals surface area (Å²) in [4.78, 5) is 8.48. The van der Waals surface area contributed by atoms with Crippen molar-refractivity contribution in [3.63, 3.8) is 0 Å². The average molecular weight is 1390 g/mol. The molecule has 612 valence electrons. The van der Waals surface area contributed by atoms with E-state index in [1.54, 1.807) is 0 Å². The molecular weight excluding hydrogens is 1160 g/mol. The summed E-state index contributed by atoms with van der Waals surface area (Å²) >= 11 is 0. The molecule has 6 fully saturated rings. The number of fused-ring (bicyclic) bond motifs is 3. The van der Waals surface area contributed by atoms with Crippen LogP contribution in [0.4, 0.5) is 0 Å². The van der Waals surface area contributed by atoms with Gasteiger partial charge in [-0.25, -0.2) is 0 Å². The van der Waals surface area contributed by atoms with Gasteiger partial charge in [0.15, 0.2) is 0 Å². The van der Waals surface area contributed by atoms with Crippen LogP contribution in [0.5, 0.6) is 0 Å². The van der Waals surface area contributed by atoms with E-state index in [2.05, 4.69) is 319 Å².